The zero-order valence-corrected chi connectivity index (χ0v) is 12.5. The SMILES string of the molecule is COC(=O)c1cccc(C2CC2)c1COc1ccn(S)n1. The van der Waals surface area contributed by atoms with Crippen LogP contribution in [0.3, 0.4) is 0 Å². The zero-order chi connectivity index (χ0) is 14.8. The molecule has 2 aromatic rings. The van der Waals surface area contributed by atoms with Crippen LogP contribution in [0.2, 0.25) is 0 Å². The van der Waals surface area contributed by atoms with Gasteiger partial charge in [-0.15, -0.1) is 5.10 Å². The van der Waals surface area contributed by atoms with Gasteiger partial charge in [0, 0.05) is 17.8 Å². The minimum atomic E-state index is -0.337. The number of esters is 1. The highest BCUT2D eigenvalue weighted by Gasteiger charge is 2.28. The zero-order valence-electron chi connectivity index (χ0n) is 11.7. The molecule has 0 spiro atoms. The average molecular weight is 304 g/mol. The Balaban J connectivity index is 1.88. The van der Waals surface area contributed by atoms with E-state index in [-0.39, 0.29) is 5.97 Å². The topological polar surface area (TPSA) is 53.4 Å². The van der Waals surface area contributed by atoms with Crippen molar-refractivity contribution in [2.24, 2.45) is 0 Å². The lowest BCUT2D eigenvalue weighted by molar-refractivity contribution is 0.0597. The van der Waals surface area contributed by atoms with Gasteiger partial charge in [-0.2, -0.15) is 0 Å². The molecule has 0 unspecified atom stereocenters. The third-order valence-electron chi connectivity index (χ3n) is 3.55. The highest BCUT2D eigenvalue weighted by molar-refractivity contribution is 7.78. The molecule has 0 saturated heterocycles. The quantitative estimate of drug-likeness (QED) is 0.682. The van der Waals surface area contributed by atoms with Crippen molar-refractivity contribution in [3.05, 3.63) is 47.2 Å². The molecule has 0 amide bonds. The van der Waals surface area contributed by atoms with Gasteiger partial charge in [-0.25, -0.2) is 8.88 Å². The van der Waals surface area contributed by atoms with Gasteiger partial charge >= 0.3 is 5.97 Å². The molecule has 110 valence electrons. The van der Waals surface area contributed by atoms with E-state index in [0.29, 0.717) is 24.0 Å². The molecule has 1 aromatic carbocycles. The Labute approximate surface area is 128 Å². The lowest BCUT2D eigenvalue weighted by atomic mass is 9.98. The summed E-state index contributed by atoms with van der Waals surface area (Å²) >= 11 is 4.07. The van der Waals surface area contributed by atoms with Crippen molar-refractivity contribution in [1.29, 1.82) is 0 Å². The maximum absolute atomic E-state index is 11.9. The number of hydrogen-bond acceptors (Lipinski definition) is 5. The van der Waals surface area contributed by atoms with Crippen LogP contribution < -0.4 is 4.74 Å². The van der Waals surface area contributed by atoms with Crippen LogP contribution in [0.15, 0.2) is 30.5 Å². The fourth-order valence-electron chi connectivity index (χ4n) is 2.36. The molecule has 5 nitrogen and oxygen atoms in total. The number of rotatable bonds is 5. The Bertz CT molecular complexity index is 665. The number of methoxy groups -OCH3 is 1. The van der Waals surface area contributed by atoms with Gasteiger partial charge in [0.1, 0.15) is 6.61 Å². The molecular formula is C15H16N2O3S. The van der Waals surface area contributed by atoms with Crippen molar-refractivity contribution in [2.75, 3.05) is 7.11 Å². The summed E-state index contributed by atoms with van der Waals surface area (Å²) in [6.07, 6.45) is 4.00. The number of hydrogen-bond donors (Lipinski definition) is 1. The fraction of sp³-hybridized carbons (Fsp3) is 0.333. The summed E-state index contributed by atoms with van der Waals surface area (Å²) in [6.45, 7) is 0.294. The van der Waals surface area contributed by atoms with Gasteiger partial charge in [0.15, 0.2) is 0 Å². The van der Waals surface area contributed by atoms with E-state index in [1.54, 1.807) is 18.3 Å². The van der Waals surface area contributed by atoms with Gasteiger partial charge < -0.3 is 9.47 Å². The molecule has 21 heavy (non-hydrogen) atoms. The van der Waals surface area contributed by atoms with E-state index in [1.807, 2.05) is 6.07 Å². The highest BCUT2D eigenvalue weighted by atomic mass is 32.1. The Morgan fingerprint density at radius 1 is 1.43 bits per heavy atom. The molecule has 1 aliphatic carbocycles. The molecule has 1 aromatic heterocycles. The van der Waals surface area contributed by atoms with Crippen molar-refractivity contribution < 1.29 is 14.3 Å². The number of aromatic nitrogens is 2. The second-order valence-corrected chi connectivity index (χ2v) is 5.41. The molecule has 1 saturated carbocycles. The van der Waals surface area contributed by atoms with Crippen molar-refractivity contribution in [3.63, 3.8) is 0 Å². The first-order chi connectivity index (χ1) is 10.2. The Kier molecular flexibility index (Phi) is 3.88. The average Bonchev–Trinajstić information content (AvgIpc) is 3.26. The van der Waals surface area contributed by atoms with Gasteiger partial charge in [0.2, 0.25) is 5.88 Å². The molecule has 0 N–H and O–H groups in total. The predicted octanol–water partition coefficient (Wildman–Crippen LogP) is 2.82. The summed E-state index contributed by atoms with van der Waals surface area (Å²) in [5, 5.41) is 4.05. The monoisotopic (exact) mass is 304 g/mol. The van der Waals surface area contributed by atoms with E-state index in [4.69, 9.17) is 9.47 Å². The molecule has 1 heterocycles. The van der Waals surface area contributed by atoms with Crippen molar-refractivity contribution in [2.45, 2.75) is 25.4 Å². The second-order valence-electron chi connectivity index (χ2n) is 5.00. The summed E-state index contributed by atoms with van der Waals surface area (Å²) in [5.74, 6) is 0.665. The maximum atomic E-state index is 11.9. The first kappa shape index (κ1) is 14.0. The Morgan fingerprint density at radius 3 is 2.86 bits per heavy atom. The largest absolute Gasteiger partial charge is 0.472 e. The van der Waals surface area contributed by atoms with E-state index in [1.165, 1.54) is 16.8 Å². The molecule has 0 radical (unpaired) electrons. The number of nitrogens with zero attached hydrogens (tertiary/aromatic N) is 2. The number of ether oxygens (including phenoxy) is 2. The number of carbonyl (C=O) groups is 1. The summed E-state index contributed by atoms with van der Waals surface area (Å²) in [6, 6.07) is 7.45. The first-order valence-corrected chi connectivity index (χ1v) is 7.17. The standard InChI is InChI=1S/C15H16N2O3S/c1-19-15(18)12-4-2-3-11(10-5-6-10)13(12)9-20-14-7-8-17(21)16-14/h2-4,7-8,10,21H,5-6,9H2,1H3. The summed E-state index contributed by atoms with van der Waals surface area (Å²) in [4.78, 5) is 11.9. The highest BCUT2D eigenvalue weighted by Crippen LogP contribution is 2.42. The lowest BCUT2D eigenvalue weighted by Gasteiger charge is -2.13. The van der Waals surface area contributed by atoms with Crippen molar-refractivity contribution in [3.8, 4) is 5.88 Å². The summed E-state index contributed by atoms with van der Waals surface area (Å²) in [5.41, 5.74) is 2.62. The van der Waals surface area contributed by atoms with Crippen LogP contribution in [0.25, 0.3) is 0 Å². The molecule has 3 rings (SSSR count). The number of carbonyl (C=O) groups excluding carboxylic acids is 1. The second kappa shape index (κ2) is 5.81. The number of thiol groups is 1. The molecule has 1 aliphatic rings. The third kappa shape index (κ3) is 3.05. The Morgan fingerprint density at radius 2 is 2.24 bits per heavy atom. The normalized spacial score (nSPS) is 14.0. The lowest BCUT2D eigenvalue weighted by Crippen LogP contribution is -2.10. The van der Waals surface area contributed by atoms with Crippen LogP contribution in [-0.2, 0) is 11.3 Å². The van der Waals surface area contributed by atoms with Crippen LogP contribution >= 0.6 is 12.8 Å². The van der Waals surface area contributed by atoms with Crippen LogP contribution in [0.4, 0.5) is 0 Å². The molecule has 6 heteroatoms. The first-order valence-electron chi connectivity index (χ1n) is 6.77. The van der Waals surface area contributed by atoms with Crippen LogP contribution in [0.5, 0.6) is 5.88 Å². The maximum Gasteiger partial charge on any atom is 0.338 e. The Hall–Kier alpha value is -1.95. The van der Waals surface area contributed by atoms with E-state index in [0.717, 1.165) is 18.4 Å². The van der Waals surface area contributed by atoms with Gasteiger partial charge in [-0.1, -0.05) is 12.1 Å². The van der Waals surface area contributed by atoms with Crippen molar-refractivity contribution >= 4 is 18.8 Å². The molecule has 0 bridgehead atoms. The predicted molar refractivity (Wildman–Crippen MR) is 80.7 cm³/mol. The van der Waals surface area contributed by atoms with Crippen molar-refractivity contribution in [1.82, 2.24) is 9.19 Å². The molecule has 0 aliphatic heterocycles. The fourth-order valence-corrected chi connectivity index (χ4v) is 2.52. The molecule has 1 fully saturated rings. The van der Waals surface area contributed by atoms with E-state index in [2.05, 4.69) is 24.0 Å². The summed E-state index contributed by atoms with van der Waals surface area (Å²) in [7, 11) is 1.39. The summed E-state index contributed by atoms with van der Waals surface area (Å²) < 4.78 is 11.9. The van der Waals surface area contributed by atoms with Crippen LogP contribution in [-0.4, -0.2) is 22.3 Å². The van der Waals surface area contributed by atoms with E-state index < -0.39 is 0 Å². The molecule has 0 atom stereocenters. The van der Waals surface area contributed by atoms with E-state index >= 15 is 0 Å². The van der Waals surface area contributed by atoms with Crippen LogP contribution in [0, 0.1) is 0 Å². The number of benzene rings is 1. The molecular weight excluding hydrogens is 288 g/mol. The van der Waals surface area contributed by atoms with Gasteiger partial charge in [0.25, 0.3) is 0 Å². The smallest absolute Gasteiger partial charge is 0.338 e. The van der Waals surface area contributed by atoms with Gasteiger partial charge in [0.05, 0.1) is 12.7 Å². The minimum absolute atomic E-state index is 0.294. The van der Waals surface area contributed by atoms with E-state index in [9.17, 15) is 4.79 Å². The van der Waals surface area contributed by atoms with Crippen LogP contribution in [0.1, 0.15) is 40.2 Å². The van der Waals surface area contributed by atoms with Gasteiger partial charge in [-0.05, 0) is 43.2 Å². The third-order valence-corrected chi connectivity index (χ3v) is 3.77. The van der Waals surface area contributed by atoms with Gasteiger partial charge in [-0.3, -0.25) is 0 Å². The minimum Gasteiger partial charge on any atom is -0.472 e.